The standard InChI is InChI=1S/C22H26N4O/c27-21(18-12-14-23-15-13-18)25-22-24-19-10-4-5-11-20(19)26(22)16-6-9-17-7-2-1-3-8-17/h1-5,7-8,10-11,18,23H,6,9,12-16H2,(H,24,25,27). The van der Waals surface area contributed by atoms with Crippen molar-refractivity contribution in [3.05, 3.63) is 60.2 Å². The number of amides is 1. The molecular formula is C22H26N4O. The number of benzene rings is 2. The zero-order chi connectivity index (χ0) is 18.5. The maximum atomic E-state index is 12.7. The number of carbonyl (C=O) groups is 1. The van der Waals surface area contributed by atoms with Gasteiger partial charge in [-0.1, -0.05) is 42.5 Å². The first kappa shape index (κ1) is 17.7. The molecule has 0 unspecified atom stereocenters. The first-order valence-corrected chi connectivity index (χ1v) is 9.82. The van der Waals surface area contributed by atoms with E-state index in [9.17, 15) is 4.79 Å². The lowest BCUT2D eigenvalue weighted by Crippen LogP contribution is -2.35. The van der Waals surface area contributed by atoms with Crippen LogP contribution >= 0.6 is 0 Å². The lowest BCUT2D eigenvalue weighted by atomic mass is 9.97. The van der Waals surface area contributed by atoms with Gasteiger partial charge in [0.05, 0.1) is 11.0 Å². The lowest BCUT2D eigenvalue weighted by Gasteiger charge is -2.21. The summed E-state index contributed by atoms with van der Waals surface area (Å²) in [4.78, 5) is 17.4. The van der Waals surface area contributed by atoms with Gasteiger partial charge in [0, 0.05) is 12.5 Å². The molecule has 0 saturated carbocycles. The van der Waals surface area contributed by atoms with Gasteiger partial charge in [-0.25, -0.2) is 4.98 Å². The Morgan fingerprint density at radius 1 is 1.07 bits per heavy atom. The Bertz CT molecular complexity index is 897. The highest BCUT2D eigenvalue weighted by Gasteiger charge is 2.22. The maximum absolute atomic E-state index is 12.7. The molecule has 0 aliphatic carbocycles. The van der Waals surface area contributed by atoms with Crippen LogP contribution in [0.1, 0.15) is 24.8 Å². The fraction of sp³-hybridized carbons (Fsp3) is 0.364. The Balaban J connectivity index is 1.51. The Labute approximate surface area is 159 Å². The molecule has 5 nitrogen and oxygen atoms in total. The second-order valence-corrected chi connectivity index (χ2v) is 7.18. The minimum atomic E-state index is 0.0730. The fourth-order valence-electron chi connectivity index (χ4n) is 3.78. The summed E-state index contributed by atoms with van der Waals surface area (Å²) in [6.45, 7) is 2.65. The van der Waals surface area contributed by atoms with E-state index in [4.69, 9.17) is 0 Å². The molecule has 5 heteroatoms. The first-order chi connectivity index (χ1) is 13.3. The summed E-state index contributed by atoms with van der Waals surface area (Å²) in [6, 6.07) is 18.6. The molecule has 0 atom stereocenters. The van der Waals surface area contributed by atoms with Crippen molar-refractivity contribution in [2.45, 2.75) is 32.2 Å². The molecule has 3 aromatic rings. The number of nitrogens with one attached hydrogen (secondary N) is 2. The summed E-state index contributed by atoms with van der Waals surface area (Å²) in [6.07, 6.45) is 3.79. The molecule has 1 saturated heterocycles. The smallest absolute Gasteiger partial charge is 0.229 e. The number of aryl methyl sites for hydroxylation is 2. The van der Waals surface area contributed by atoms with Crippen molar-refractivity contribution in [1.82, 2.24) is 14.9 Å². The summed E-state index contributed by atoms with van der Waals surface area (Å²) < 4.78 is 2.15. The van der Waals surface area contributed by atoms with Crippen LogP contribution in [0.4, 0.5) is 5.95 Å². The van der Waals surface area contributed by atoms with Crippen molar-refractivity contribution in [2.75, 3.05) is 18.4 Å². The van der Waals surface area contributed by atoms with E-state index in [-0.39, 0.29) is 11.8 Å². The van der Waals surface area contributed by atoms with Gasteiger partial charge in [0.2, 0.25) is 11.9 Å². The zero-order valence-corrected chi connectivity index (χ0v) is 15.5. The number of aromatic nitrogens is 2. The second-order valence-electron chi connectivity index (χ2n) is 7.18. The SMILES string of the molecule is O=C(Nc1nc2ccccc2n1CCCc1ccccc1)C1CCNCC1. The van der Waals surface area contributed by atoms with Crippen molar-refractivity contribution < 1.29 is 4.79 Å². The Hall–Kier alpha value is -2.66. The third-order valence-electron chi connectivity index (χ3n) is 5.29. The van der Waals surface area contributed by atoms with Crippen LogP contribution in [0.2, 0.25) is 0 Å². The third kappa shape index (κ3) is 4.19. The van der Waals surface area contributed by atoms with E-state index >= 15 is 0 Å². The number of para-hydroxylation sites is 2. The Morgan fingerprint density at radius 3 is 2.63 bits per heavy atom. The topological polar surface area (TPSA) is 59.0 Å². The van der Waals surface area contributed by atoms with Gasteiger partial charge in [-0.2, -0.15) is 0 Å². The quantitative estimate of drug-likeness (QED) is 0.704. The van der Waals surface area contributed by atoms with Gasteiger partial charge in [0.25, 0.3) is 0 Å². The van der Waals surface area contributed by atoms with Crippen LogP contribution < -0.4 is 10.6 Å². The lowest BCUT2D eigenvalue weighted by molar-refractivity contribution is -0.120. The molecule has 140 valence electrons. The van der Waals surface area contributed by atoms with E-state index in [1.165, 1.54) is 5.56 Å². The van der Waals surface area contributed by atoms with Crippen LogP contribution in [0, 0.1) is 5.92 Å². The van der Waals surface area contributed by atoms with Crippen molar-refractivity contribution >= 4 is 22.9 Å². The summed E-state index contributed by atoms with van der Waals surface area (Å²) >= 11 is 0. The minimum absolute atomic E-state index is 0.0730. The Morgan fingerprint density at radius 2 is 1.81 bits per heavy atom. The molecule has 27 heavy (non-hydrogen) atoms. The second kappa shape index (κ2) is 8.35. The monoisotopic (exact) mass is 362 g/mol. The number of imidazole rings is 1. The molecule has 2 aromatic carbocycles. The molecular weight excluding hydrogens is 336 g/mol. The van der Waals surface area contributed by atoms with E-state index in [1.807, 2.05) is 24.3 Å². The number of nitrogens with zero attached hydrogens (tertiary/aromatic N) is 2. The maximum Gasteiger partial charge on any atom is 0.229 e. The Kier molecular flexibility index (Phi) is 5.49. The molecule has 0 bridgehead atoms. The van der Waals surface area contributed by atoms with E-state index in [0.717, 1.165) is 56.4 Å². The summed E-state index contributed by atoms with van der Waals surface area (Å²) in [5.41, 5.74) is 3.34. The average Bonchev–Trinajstić information content (AvgIpc) is 3.07. The van der Waals surface area contributed by atoms with Gasteiger partial charge in [-0.15, -0.1) is 0 Å². The normalized spacial score (nSPS) is 15.1. The highest BCUT2D eigenvalue weighted by Crippen LogP contribution is 2.22. The number of hydrogen-bond acceptors (Lipinski definition) is 3. The molecule has 4 rings (SSSR count). The predicted octanol–water partition coefficient (Wildman–Crippen LogP) is 3.61. The van der Waals surface area contributed by atoms with Crippen LogP contribution in [0.5, 0.6) is 0 Å². The summed E-state index contributed by atoms with van der Waals surface area (Å²) in [5, 5.41) is 6.41. The average molecular weight is 362 g/mol. The van der Waals surface area contributed by atoms with E-state index < -0.39 is 0 Å². The zero-order valence-electron chi connectivity index (χ0n) is 15.5. The van der Waals surface area contributed by atoms with Crippen molar-refractivity contribution in [2.24, 2.45) is 5.92 Å². The highest BCUT2D eigenvalue weighted by molar-refractivity contribution is 5.93. The van der Waals surface area contributed by atoms with Crippen LogP contribution in [0.25, 0.3) is 11.0 Å². The van der Waals surface area contributed by atoms with Gasteiger partial charge < -0.3 is 9.88 Å². The molecule has 0 spiro atoms. The summed E-state index contributed by atoms with van der Waals surface area (Å²) in [7, 11) is 0. The van der Waals surface area contributed by atoms with Crippen LogP contribution in [-0.2, 0) is 17.8 Å². The van der Waals surface area contributed by atoms with E-state index in [1.54, 1.807) is 0 Å². The highest BCUT2D eigenvalue weighted by atomic mass is 16.2. The van der Waals surface area contributed by atoms with Gasteiger partial charge in [-0.3, -0.25) is 10.1 Å². The number of rotatable bonds is 6. The number of carbonyl (C=O) groups excluding carboxylic acids is 1. The van der Waals surface area contributed by atoms with Gasteiger partial charge in [-0.05, 0) is 56.5 Å². The third-order valence-corrected chi connectivity index (χ3v) is 5.29. The molecule has 1 aliphatic rings. The number of hydrogen-bond donors (Lipinski definition) is 2. The van der Waals surface area contributed by atoms with E-state index in [0.29, 0.717) is 5.95 Å². The summed E-state index contributed by atoms with van der Waals surface area (Å²) in [5.74, 6) is 0.841. The van der Waals surface area contributed by atoms with Crippen LogP contribution in [0.15, 0.2) is 54.6 Å². The fourth-order valence-corrected chi connectivity index (χ4v) is 3.78. The van der Waals surface area contributed by atoms with Gasteiger partial charge in [0.15, 0.2) is 0 Å². The largest absolute Gasteiger partial charge is 0.317 e. The van der Waals surface area contributed by atoms with Crippen molar-refractivity contribution in [3.8, 4) is 0 Å². The molecule has 1 fully saturated rings. The van der Waals surface area contributed by atoms with Gasteiger partial charge in [0.1, 0.15) is 0 Å². The van der Waals surface area contributed by atoms with Crippen molar-refractivity contribution in [1.29, 1.82) is 0 Å². The molecule has 1 aromatic heterocycles. The molecule has 1 aliphatic heterocycles. The van der Waals surface area contributed by atoms with Crippen LogP contribution in [0.3, 0.4) is 0 Å². The van der Waals surface area contributed by atoms with Crippen LogP contribution in [-0.4, -0.2) is 28.5 Å². The van der Waals surface area contributed by atoms with E-state index in [2.05, 4.69) is 50.5 Å². The van der Waals surface area contributed by atoms with Gasteiger partial charge >= 0.3 is 0 Å². The molecule has 0 radical (unpaired) electrons. The molecule has 2 heterocycles. The van der Waals surface area contributed by atoms with Crippen molar-refractivity contribution in [3.63, 3.8) is 0 Å². The number of fused-ring (bicyclic) bond motifs is 1. The minimum Gasteiger partial charge on any atom is -0.317 e. The molecule has 2 N–H and O–H groups in total. The predicted molar refractivity (Wildman–Crippen MR) is 109 cm³/mol. The molecule has 1 amide bonds. The number of piperidine rings is 1. The number of anilines is 1. The first-order valence-electron chi connectivity index (χ1n) is 9.82.